The highest BCUT2D eigenvalue weighted by atomic mass is 16.5. The second-order valence-corrected chi connectivity index (χ2v) is 3.76. The monoisotopic (exact) mass is 211 g/mol. The topological polar surface area (TPSA) is 64.5 Å². The van der Waals surface area contributed by atoms with Crippen molar-refractivity contribution in [3.63, 3.8) is 0 Å². The van der Waals surface area contributed by atoms with Crippen LogP contribution in [-0.2, 0) is 17.8 Å². The zero-order valence-corrected chi connectivity index (χ0v) is 9.03. The minimum atomic E-state index is 0.441. The van der Waals surface area contributed by atoms with Crippen molar-refractivity contribution in [3.05, 3.63) is 17.0 Å². The van der Waals surface area contributed by atoms with Crippen molar-refractivity contribution in [3.8, 4) is 0 Å². The molecule has 0 amide bonds. The van der Waals surface area contributed by atoms with E-state index in [1.165, 1.54) is 0 Å². The van der Waals surface area contributed by atoms with Gasteiger partial charge in [-0.25, -0.2) is 0 Å². The zero-order valence-electron chi connectivity index (χ0n) is 9.03. The number of ether oxygens (including phenoxy) is 1. The summed E-state index contributed by atoms with van der Waals surface area (Å²) in [7, 11) is 0. The first kappa shape index (κ1) is 10.6. The van der Waals surface area contributed by atoms with Gasteiger partial charge in [-0.15, -0.1) is 0 Å². The van der Waals surface area contributed by atoms with E-state index >= 15 is 0 Å². The Kier molecular flexibility index (Phi) is 3.35. The maximum Gasteiger partial charge on any atom is 0.138 e. The molecule has 0 unspecified atom stereocenters. The first-order valence-electron chi connectivity index (χ1n) is 5.25. The molecule has 2 heterocycles. The highest BCUT2D eigenvalue weighted by Gasteiger charge is 2.17. The summed E-state index contributed by atoms with van der Waals surface area (Å²) < 4.78 is 10.4. The van der Waals surface area contributed by atoms with Gasteiger partial charge in [0.05, 0.1) is 13.2 Å². The van der Waals surface area contributed by atoms with Gasteiger partial charge in [0.25, 0.3) is 0 Å². The Morgan fingerprint density at radius 1 is 1.40 bits per heavy atom. The second-order valence-electron chi connectivity index (χ2n) is 3.76. The van der Waals surface area contributed by atoms with Gasteiger partial charge in [0, 0.05) is 31.7 Å². The smallest absolute Gasteiger partial charge is 0.138 e. The first-order chi connectivity index (χ1) is 7.31. The average molecular weight is 211 g/mol. The van der Waals surface area contributed by atoms with E-state index in [9.17, 15) is 0 Å². The third-order valence-corrected chi connectivity index (χ3v) is 2.74. The molecule has 0 aliphatic carbocycles. The standard InChI is InChI=1S/C10H17N3O2/c1-8-9(10(6-11)12-15-8)7-13-2-4-14-5-3-13/h2-7,11H2,1H3. The SMILES string of the molecule is Cc1onc(CN)c1CN1CCOCC1. The van der Waals surface area contributed by atoms with E-state index in [0.717, 1.165) is 49.9 Å². The maximum absolute atomic E-state index is 5.60. The normalized spacial score (nSPS) is 18.3. The number of hydrogen-bond donors (Lipinski definition) is 1. The maximum atomic E-state index is 5.60. The van der Waals surface area contributed by atoms with Gasteiger partial charge in [-0.1, -0.05) is 5.16 Å². The Bertz CT molecular complexity index is 318. The summed E-state index contributed by atoms with van der Waals surface area (Å²) in [6, 6.07) is 0. The van der Waals surface area contributed by atoms with Gasteiger partial charge in [-0.3, -0.25) is 4.90 Å². The Labute approximate surface area is 89.2 Å². The third kappa shape index (κ3) is 2.37. The van der Waals surface area contributed by atoms with Gasteiger partial charge in [0.15, 0.2) is 0 Å². The quantitative estimate of drug-likeness (QED) is 0.777. The van der Waals surface area contributed by atoms with E-state index in [1.54, 1.807) is 0 Å². The number of rotatable bonds is 3. The summed E-state index contributed by atoms with van der Waals surface area (Å²) >= 11 is 0. The van der Waals surface area contributed by atoms with Gasteiger partial charge in [-0.05, 0) is 6.92 Å². The molecule has 15 heavy (non-hydrogen) atoms. The van der Waals surface area contributed by atoms with Crippen LogP contribution in [0.4, 0.5) is 0 Å². The molecular weight excluding hydrogens is 194 g/mol. The van der Waals surface area contributed by atoms with Crippen LogP contribution < -0.4 is 5.73 Å². The molecule has 0 spiro atoms. The summed E-state index contributed by atoms with van der Waals surface area (Å²) in [6.45, 7) is 6.79. The summed E-state index contributed by atoms with van der Waals surface area (Å²) in [5.41, 5.74) is 7.62. The number of nitrogens with two attached hydrogens (primary N) is 1. The molecule has 1 aliphatic heterocycles. The number of hydrogen-bond acceptors (Lipinski definition) is 5. The molecule has 5 heteroatoms. The van der Waals surface area contributed by atoms with E-state index in [1.807, 2.05) is 6.92 Å². The highest BCUT2D eigenvalue weighted by Crippen LogP contribution is 2.16. The van der Waals surface area contributed by atoms with Gasteiger partial charge >= 0.3 is 0 Å². The van der Waals surface area contributed by atoms with Crippen LogP contribution in [0.15, 0.2) is 4.52 Å². The number of aryl methyl sites for hydroxylation is 1. The molecule has 1 aromatic rings. The molecule has 0 atom stereocenters. The summed E-state index contributed by atoms with van der Waals surface area (Å²) in [5.74, 6) is 0.877. The van der Waals surface area contributed by atoms with Crippen molar-refractivity contribution < 1.29 is 9.26 Å². The lowest BCUT2D eigenvalue weighted by molar-refractivity contribution is 0.0339. The molecule has 0 radical (unpaired) electrons. The molecule has 2 N–H and O–H groups in total. The number of nitrogens with zero attached hydrogens (tertiary/aromatic N) is 2. The second kappa shape index (κ2) is 4.74. The van der Waals surface area contributed by atoms with Crippen molar-refractivity contribution in [1.29, 1.82) is 0 Å². The molecule has 0 saturated carbocycles. The fourth-order valence-corrected chi connectivity index (χ4v) is 1.78. The number of morpholine rings is 1. The van der Waals surface area contributed by atoms with Crippen molar-refractivity contribution in [2.45, 2.75) is 20.0 Å². The van der Waals surface area contributed by atoms with E-state index in [2.05, 4.69) is 10.1 Å². The largest absolute Gasteiger partial charge is 0.379 e. The fraction of sp³-hybridized carbons (Fsp3) is 0.700. The highest BCUT2D eigenvalue weighted by molar-refractivity contribution is 5.21. The summed E-state index contributed by atoms with van der Waals surface area (Å²) in [5, 5.41) is 3.94. The van der Waals surface area contributed by atoms with Gasteiger partial charge in [0.1, 0.15) is 11.5 Å². The third-order valence-electron chi connectivity index (χ3n) is 2.74. The zero-order chi connectivity index (χ0) is 10.7. The molecule has 84 valence electrons. The van der Waals surface area contributed by atoms with Gasteiger partial charge in [-0.2, -0.15) is 0 Å². The van der Waals surface area contributed by atoms with Gasteiger partial charge in [0.2, 0.25) is 0 Å². The van der Waals surface area contributed by atoms with Crippen molar-refractivity contribution >= 4 is 0 Å². The minimum Gasteiger partial charge on any atom is -0.379 e. The van der Waals surface area contributed by atoms with E-state index in [0.29, 0.717) is 6.54 Å². The van der Waals surface area contributed by atoms with E-state index in [4.69, 9.17) is 15.0 Å². The van der Waals surface area contributed by atoms with Crippen LogP contribution in [0.1, 0.15) is 17.0 Å². The fourth-order valence-electron chi connectivity index (χ4n) is 1.78. The molecule has 1 saturated heterocycles. The predicted molar refractivity (Wildman–Crippen MR) is 55.2 cm³/mol. The number of aromatic nitrogens is 1. The molecule has 0 aromatic carbocycles. The molecule has 0 bridgehead atoms. The van der Waals surface area contributed by atoms with Crippen molar-refractivity contribution in [2.75, 3.05) is 26.3 Å². The molecule has 1 aliphatic rings. The lowest BCUT2D eigenvalue weighted by Gasteiger charge is -2.26. The average Bonchev–Trinajstić information content (AvgIpc) is 2.62. The first-order valence-corrected chi connectivity index (χ1v) is 5.25. The van der Waals surface area contributed by atoms with E-state index < -0.39 is 0 Å². The Balaban J connectivity index is 2.04. The van der Waals surface area contributed by atoms with Crippen LogP contribution in [0.5, 0.6) is 0 Å². The molecule has 1 fully saturated rings. The molecule has 1 aromatic heterocycles. The van der Waals surface area contributed by atoms with Crippen LogP contribution in [-0.4, -0.2) is 36.4 Å². The van der Waals surface area contributed by atoms with E-state index in [-0.39, 0.29) is 0 Å². The van der Waals surface area contributed by atoms with Crippen molar-refractivity contribution in [2.24, 2.45) is 5.73 Å². The molecule has 2 rings (SSSR count). The predicted octanol–water partition coefficient (Wildman–Crippen LogP) is 0.274. The van der Waals surface area contributed by atoms with Crippen LogP contribution >= 0.6 is 0 Å². The lowest BCUT2D eigenvalue weighted by Crippen LogP contribution is -2.36. The lowest BCUT2D eigenvalue weighted by atomic mass is 10.1. The van der Waals surface area contributed by atoms with Crippen LogP contribution in [0.2, 0.25) is 0 Å². The Hall–Kier alpha value is -0.910. The van der Waals surface area contributed by atoms with Crippen molar-refractivity contribution in [1.82, 2.24) is 10.1 Å². The Morgan fingerprint density at radius 2 is 2.13 bits per heavy atom. The van der Waals surface area contributed by atoms with Crippen LogP contribution in [0, 0.1) is 6.92 Å². The molecule has 5 nitrogen and oxygen atoms in total. The van der Waals surface area contributed by atoms with Gasteiger partial charge < -0.3 is 15.0 Å². The Morgan fingerprint density at radius 3 is 2.80 bits per heavy atom. The van der Waals surface area contributed by atoms with Crippen LogP contribution in [0.3, 0.4) is 0 Å². The van der Waals surface area contributed by atoms with Crippen LogP contribution in [0.25, 0.3) is 0 Å². The summed E-state index contributed by atoms with van der Waals surface area (Å²) in [6.07, 6.45) is 0. The molecular formula is C10H17N3O2. The summed E-state index contributed by atoms with van der Waals surface area (Å²) in [4.78, 5) is 2.34. The minimum absolute atomic E-state index is 0.441.